The second kappa shape index (κ2) is 6.45. The van der Waals surface area contributed by atoms with E-state index in [2.05, 4.69) is 4.98 Å². The number of halogens is 1. The number of carbonyl (C=O) groups excluding carboxylic acids is 2. The average molecular weight is 280 g/mol. The second-order valence-corrected chi connectivity index (χ2v) is 4.66. The van der Waals surface area contributed by atoms with Gasteiger partial charge in [-0.05, 0) is 31.9 Å². The number of piperidine rings is 1. The molecule has 108 valence electrons. The molecule has 0 aliphatic carbocycles. The highest BCUT2D eigenvalue weighted by atomic mass is 19.1. The molecule has 0 atom stereocenters. The van der Waals surface area contributed by atoms with Crippen LogP contribution in [0.2, 0.25) is 0 Å². The van der Waals surface area contributed by atoms with Gasteiger partial charge in [-0.15, -0.1) is 0 Å². The highest BCUT2D eigenvalue weighted by Crippen LogP contribution is 2.20. The number of esters is 1. The normalized spacial score (nSPS) is 16.0. The summed E-state index contributed by atoms with van der Waals surface area (Å²) in [6.07, 6.45) is 2.40. The molecular formula is C14H17FN2O3. The van der Waals surface area contributed by atoms with Crippen LogP contribution in [0.15, 0.2) is 18.3 Å². The standard InChI is InChI=1S/C14H17FN2O3/c1-2-20-14(19)10-5-8-17(9-6-10)13(18)11-4-3-7-16-12(11)15/h3-4,7,10H,2,5-6,8-9H2,1H3. The summed E-state index contributed by atoms with van der Waals surface area (Å²) in [4.78, 5) is 28.8. The van der Waals surface area contributed by atoms with E-state index in [4.69, 9.17) is 4.74 Å². The van der Waals surface area contributed by atoms with Crippen molar-refractivity contribution in [3.8, 4) is 0 Å². The van der Waals surface area contributed by atoms with E-state index in [0.29, 0.717) is 32.5 Å². The quantitative estimate of drug-likeness (QED) is 0.624. The smallest absolute Gasteiger partial charge is 0.309 e. The number of hydrogen-bond acceptors (Lipinski definition) is 4. The molecule has 1 aliphatic rings. The Morgan fingerprint density at radius 1 is 1.45 bits per heavy atom. The number of ether oxygens (including phenoxy) is 1. The van der Waals surface area contributed by atoms with Gasteiger partial charge >= 0.3 is 5.97 Å². The summed E-state index contributed by atoms with van der Waals surface area (Å²) in [5, 5.41) is 0. The summed E-state index contributed by atoms with van der Waals surface area (Å²) in [5.74, 6) is -1.52. The third-order valence-corrected chi connectivity index (χ3v) is 3.39. The lowest BCUT2D eigenvalue weighted by Gasteiger charge is -2.30. The Balaban J connectivity index is 1.96. The van der Waals surface area contributed by atoms with Gasteiger partial charge < -0.3 is 9.64 Å². The molecule has 0 spiro atoms. The second-order valence-electron chi connectivity index (χ2n) is 4.66. The fourth-order valence-electron chi connectivity index (χ4n) is 2.29. The Kier molecular flexibility index (Phi) is 4.65. The number of amides is 1. The van der Waals surface area contributed by atoms with Gasteiger partial charge in [0, 0.05) is 19.3 Å². The minimum absolute atomic E-state index is 0.0258. The number of rotatable bonds is 3. The first-order valence-electron chi connectivity index (χ1n) is 6.70. The van der Waals surface area contributed by atoms with Gasteiger partial charge in [-0.25, -0.2) is 4.98 Å². The van der Waals surface area contributed by atoms with Gasteiger partial charge in [0.1, 0.15) is 0 Å². The van der Waals surface area contributed by atoms with Crippen molar-refractivity contribution in [3.63, 3.8) is 0 Å². The van der Waals surface area contributed by atoms with E-state index in [9.17, 15) is 14.0 Å². The lowest BCUT2D eigenvalue weighted by Crippen LogP contribution is -2.41. The summed E-state index contributed by atoms with van der Waals surface area (Å²) >= 11 is 0. The molecular weight excluding hydrogens is 263 g/mol. The van der Waals surface area contributed by atoms with Crippen LogP contribution in [-0.2, 0) is 9.53 Å². The van der Waals surface area contributed by atoms with Crippen molar-refractivity contribution in [1.82, 2.24) is 9.88 Å². The summed E-state index contributed by atoms with van der Waals surface area (Å²) < 4.78 is 18.4. The van der Waals surface area contributed by atoms with Crippen molar-refractivity contribution in [3.05, 3.63) is 29.8 Å². The number of likely N-dealkylation sites (tertiary alicyclic amines) is 1. The van der Waals surface area contributed by atoms with E-state index in [0.717, 1.165) is 0 Å². The van der Waals surface area contributed by atoms with Crippen LogP contribution in [0.1, 0.15) is 30.1 Å². The lowest BCUT2D eigenvalue weighted by molar-refractivity contribution is -0.149. The van der Waals surface area contributed by atoms with E-state index in [1.807, 2.05) is 0 Å². The first-order valence-corrected chi connectivity index (χ1v) is 6.70. The van der Waals surface area contributed by atoms with Crippen LogP contribution in [0.3, 0.4) is 0 Å². The largest absolute Gasteiger partial charge is 0.466 e. The molecule has 0 aromatic carbocycles. The van der Waals surface area contributed by atoms with Crippen LogP contribution in [0.4, 0.5) is 4.39 Å². The van der Waals surface area contributed by atoms with Crippen molar-refractivity contribution in [2.24, 2.45) is 5.92 Å². The summed E-state index contributed by atoms with van der Waals surface area (Å²) in [6, 6.07) is 2.95. The van der Waals surface area contributed by atoms with E-state index in [-0.39, 0.29) is 23.4 Å². The van der Waals surface area contributed by atoms with Crippen molar-refractivity contribution in [2.75, 3.05) is 19.7 Å². The predicted molar refractivity (Wildman–Crippen MR) is 69.5 cm³/mol. The monoisotopic (exact) mass is 280 g/mol. The molecule has 0 N–H and O–H groups in total. The Bertz CT molecular complexity index is 499. The van der Waals surface area contributed by atoms with Gasteiger partial charge in [0.25, 0.3) is 5.91 Å². The molecule has 0 saturated carbocycles. The van der Waals surface area contributed by atoms with Crippen LogP contribution in [0.25, 0.3) is 0 Å². The van der Waals surface area contributed by atoms with Gasteiger partial charge in [0.2, 0.25) is 5.95 Å². The Morgan fingerprint density at radius 3 is 2.75 bits per heavy atom. The molecule has 1 aromatic heterocycles. The predicted octanol–water partition coefficient (Wildman–Crippen LogP) is 1.64. The van der Waals surface area contributed by atoms with Crippen molar-refractivity contribution in [2.45, 2.75) is 19.8 Å². The third kappa shape index (κ3) is 3.12. The number of nitrogens with zero attached hydrogens (tertiary/aromatic N) is 2. The van der Waals surface area contributed by atoms with E-state index in [1.54, 1.807) is 11.8 Å². The highest BCUT2D eigenvalue weighted by Gasteiger charge is 2.29. The van der Waals surface area contributed by atoms with Crippen molar-refractivity contribution >= 4 is 11.9 Å². The van der Waals surface area contributed by atoms with Gasteiger partial charge in [-0.3, -0.25) is 9.59 Å². The van der Waals surface area contributed by atoms with Crippen molar-refractivity contribution in [1.29, 1.82) is 0 Å². The van der Waals surface area contributed by atoms with Crippen LogP contribution < -0.4 is 0 Å². The first kappa shape index (κ1) is 14.4. The summed E-state index contributed by atoms with van der Waals surface area (Å²) in [5.41, 5.74) is -0.0258. The fraction of sp³-hybridized carbons (Fsp3) is 0.500. The van der Waals surface area contributed by atoms with Gasteiger partial charge in [-0.1, -0.05) is 0 Å². The van der Waals surface area contributed by atoms with E-state index < -0.39 is 5.95 Å². The van der Waals surface area contributed by atoms with E-state index >= 15 is 0 Å². The molecule has 2 heterocycles. The third-order valence-electron chi connectivity index (χ3n) is 3.39. The molecule has 1 aromatic rings. The van der Waals surface area contributed by atoms with E-state index in [1.165, 1.54) is 18.3 Å². The minimum Gasteiger partial charge on any atom is -0.466 e. The zero-order valence-electron chi connectivity index (χ0n) is 11.3. The van der Waals surface area contributed by atoms with Crippen LogP contribution >= 0.6 is 0 Å². The molecule has 2 rings (SSSR count). The summed E-state index contributed by atoms with van der Waals surface area (Å²) in [7, 11) is 0. The molecule has 0 bridgehead atoms. The molecule has 0 radical (unpaired) electrons. The molecule has 0 unspecified atom stereocenters. The molecule has 1 saturated heterocycles. The highest BCUT2D eigenvalue weighted by molar-refractivity contribution is 5.94. The Labute approximate surface area is 116 Å². The fourth-order valence-corrected chi connectivity index (χ4v) is 2.29. The summed E-state index contributed by atoms with van der Waals surface area (Å²) in [6.45, 7) is 2.98. The average Bonchev–Trinajstić information content (AvgIpc) is 2.47. The Hall–Kier alpha value is -1.98. The van der Waals surface area contributed by atoms with Crippen LogP contribution in [0.5, 0.6) is 0 Å². The Morgan fingerprint density at radius 2 is 2.15 bits per heavy atom. The topological polar surface area (TPSA) is 59.5 Å². The van der Waals surface area contributed by atoms with Gasteiger partial charge in [0.05, 0.1) is 18.1 Å². The van der Waals surface area contributed by atoms with Gasteiger partial charge in [-0.2, -0.15) is 4.39 Å². The zero-order valence-corrected chi connectivity index (χ0v) is 11.3. The first-order chi connectivity index (χ1) is 9.63. The number of pyridine rings is 1. The molecule has 1 amide bonds. The number of hydrogen-bond donors (Lipinski definition) is 0. The number of carbonyl (C=O) groups is 2. The van der Waals surface area contributed by atoms with Crippen molar-refractivity contribution < 1.29 is 18.7 Å². The maximum absolute atomic E-state index is 13.5. The molecule has 5 nitrogen and oxygen atoms in total. The zero-order chi connectivity index (χ0) is 14.5. The SMILES string of the molecule is CCOC(=O)C1CCN(C(=O)c2cccnc2F)CC1. The maximum atomic E-state index is 13.5. The van der Waals surface area contributed by atoms with Crippen LogP contribution in [-0.4, -0.2) is 41.5 Å². The van der Waals surface area contributed by atoms with Gasteiger partial charge in [0.15, 0.2) is 0 Å². The lowest BCUT2D eigenvalue weighted by atomic mass is 9.96. The number of aromatic nitrogens is 1. The minimum atomic E-state index is -0.759. The van der Waals surface area contributed by atoms with Crippen LogP contribution in [0, 0.1) is 11.9 Å². The molecule has 1 aliphatic heterocycles. The molecule has 20 heavy (non-hydrogen) atoms. The molecule has 6 heteroatoms. The molecule has 1 fully saturated rings. The maximum Gasteiger partial charge on any atom is 0.309 e.